The van der Waals surface area contributed by atoms with Gasteiger partial charge >= 0.3 is 0 Å². The Balaban J connectivity index is 2.31. The minimum absolute atomic E-state index is 0.0449. The molecular formula is C12H13F2N3O. The fraction of sp³-hybridized carbons (Fsp3) is 0.333. The third-order valence-corrected chi connectivity index (χ3v) is 2.66. The smallest absolute Gasteiger partial charge is 0.247 e. The van der Waals surface area contributed by atoms with E-state index in [0.717, 1.165) is 18.6 Å². The predicted molar refractivity (Wildman–Crippen MR) is 61.7 cm³/mol. The summed E-state index contributed by atoms with van der Waals surface area (Å²) in [4.78, 5) is 0. The normalized spacial score (nSPS) is 12.7. The fourth-order valence-electron chi connectivity index (χ4n) is 1.62. The van der Waals surface area contributed by atoms with Crippen molar-refractivity contribution in [1.82, 2.24) is 15.5 Å². The van der Waals surface area contributed by atoms with Crippen LogP contribution in [0.2, 0.25) is 0 Å². The SMILES string of the molecule is CCC(NC)c1nnc(-c2ccc(F)c(F)c2)o1. The van der Waals surface area contributed by atoms with E-state index in [9.17, 15) is 8.78 Å². The number of halogens is 2. The molecule has 1 aromatic heterocycles. The number of aromatic nitrogens is 2. The molecule has 2 aromatic rings. The van der Waals surface area contributed by atoms with Gasteiger partial charge in [0.25, 0.3) is 0 Å². The molecule has 1 heterocycles. The van der Waals surface area contributed by atoms with Crippen molar-refractivity contribution in [3.63, 3.8) is 0 Å². The van der Waals surface area contributed by atoms with E-state index in [4.69, 9.17) is 4.42 Å². The first-order valence-corrected chi connectivity index (χ1v) is 5.61. The molecule has 0 bridgehead atoms. The maximum atomic E-state index is 13.1. The Bertz CT molecular complexity index is 538. The van der Waals surface area contributed by atoms with Gasteiger partial charge in [0.05, 0.1) is 6.04 Å². The number of rotatable bonds is 4. The summed E-state index contributed by atoms with van der Waals surface area (Å²) < 4.78 is 31.3. The van der Waals surface area contributed by atoms with E-state index in [1.807, 2.05) is 6.92 Å². The standard InChI is InChI=1S/C12H13F2N3O/c1-3-10(15-2)12-17-16-11(18-12)7-4-5-8(13)9(14)6-7/h4-6,10,15H,3H2,1-2H3. The van der Waals surface area contributed by atoms with E-state index in [-0.39, 0.29) is 11.9 Å². The lowest BCUT2D eigenvalue weighted by atomic mass is 10.2. The van der Waals surface area contributed by atoms with E-state index < -0.39 is 11.6 Å². The summed E-state index contributed by atoms with van der Waals surface area (Å²) in [5.41, 5.74) is 0.360. The van der Waals surface area contributed by atoms with Gasteiger partial charge in [-0.3, -0.25) is 0 Å². The third-order valence-electron chi connectivity index (χ3n) is 2.66. The van der Waals surface area contributed by atoms with Gasteiger partial charge in [-0.15, -0.1) is 10.2 Å². The molecule has 0 radical (unpaired) electrons. The van der Waals surface area contributed by atoms with Crippen molar-refractivity contribution in [2.24, 2.45) is 0 Å². The highest BCUT2D eigenvalue weighted by Gasteiger charge is 2.16. The van der Waals surface area contributed by atoms with Crippen LogP contribution in [0.3, 0.4) is 0 Å². The van der Waals surface area contributed by atoms with E-state index in [2.05, 4.69) is 15.5 Å². The van der Waals surface area contributed by atoms with Crippen molar-refractivity contribution in [3.8, 4) is 11.5 Å². The number of hydrogen-bond acceptors (Lipinski definition) is 4. The Morgan fingerprint density at radius 1 is 1.28 bits per heavy atom. The zero-order valence-electron chi connectivity index (χ0n) is 10.1. The van der Waals surface area contributed by atoms with Gasteiger partial charge in [-0.05, 0) is 31.7 Å². The second-order valence-electron chi connectivity index (χ2n) is 3.82. The minimum Gasteiger partial charge on any atom is -0.419 e. The lowest BCUT2D eigenvalue weighted by Crippen LogP contribution is -2.15. The molecular weight excluding hydrogens is 240 g/mol. The average Bonchev–Trinajstić information content (AvgIpc) is 2.84. The molecule has 18 heavy (non-hydrogen) atoms. The topological polar surface area (TPSA) is 51.0 Å². The van der Waals surface area contributed by atoms with Gasteiger partial charge in [-0.1, -0.05) is 6.92 Å². The Labute approximate surface area is 103 Å². The number of hydrogen-bond donors (Lipinski definition) is 1. The van der Waals surface area contributed by atoms with Crippen LogP contribution in [0.15, 0.2) is 22.6 Å². The van der Waals surface area contributed by atoms with Gasteiger partial charge < -0.3 is 9.73 Å². The molecule has 0 spiro atoms. The Morgan fingerprint density at radius 3 is 2.67 bits per heavy atom. The van der Waals surface area contributed by atoms with Crippen LogP contribution in [-0.4, -0.2) is 17.2 Å². The van der Waals surface area contributed by atoms with Gasteiger partial charge in [0, 0.05) is 5.56 Å². The van der Waals surface area contributed by atoms with Gasteiger partial charge in [-0.25, -0.2) is 8.78 Å². The molecule has 0 amide bonds. The molecule has 6 heteroatoms. The van der Waals surface area contributed by atoms with Gasteiger partial charge in [0.15, 0.2) is 11.6 Å². The molecule has 0 aliphatic carbocycles. The van der Waals surface area contributed by atoms with Crippen molar-refractivity contribution in [1.29, 1.82) is 0 Å². The fourth-order valence-corrected chi connectivity index (χ4v) is 1.62. The van der Waals surface area contributed by atoms with E-state index in [1.165, 1.54) is 6.07 Å². The van der Waals surface area contributed by atoms with Crippen molar-refractivity contribution in [2.45, 2.75) is 19.4 Å². The van der Waals surface area contributed by atoms with Crippen LogP contribution in [0.5, 0.6) is 0 Å². The number of benzene rings is 1. The summed E-state index contributed by atoms with van der Waals surface area (Å²) >= 11 is 0. The molecule has 4 nitrogen and oxygen atoms in total. The Morgan fingerprint density at radius 2 is 2.06 bits per heavy atom. The van der Waals surface area contributed by atoms with Crippen molar-refractivity contribution in [2.75, 3.05) is 7.05 Å². The zero-order chi connectivity index (χ0) is 13.1. The van der Waals surface area contributed by atoms with Gasteiger partial charge in [0.1, 0.15) is 0 Å². The van der Waals surface area contributed by atoms with Crippen molar-refractivity contribution in [3.05, 3.63) is 35.7 Å². The largest absolute Gasteiger partial charge is 0.419 e. The highest BCUT2D eigenvalue weighted by atomic mass is 19.2. The summed E-state index contributed by atoms with van der Waals surface area (Å²) in [6, 6.07) is 3.42. The zero-order valence-corrected chi connectivity index (χ0v) is 10.1. The summed E-state index contributed by atoms with van der Waals surface area (Å²) in [5, 5.41) is 10.7. The Hall–Kier alpha value is -1.82. The Kier molecular flexibility index (Phi) is 3.66. The van der Waals surface area contributed by atoms with Gasteiger partial charge in [-0.2, -0.15) is 0 Å². The first-order chi connectivity index (χ1) is 8.65. The van der Waals surface area contributed by atoms with Gasteiger partial charge in [0.2, 0.25) is 11.8 Å². The predicted octanol–water partition coefficient (Wildman–Crippen LogP) is 2.69. The van der Waals surface area contributed by atoms with Crippen LogP contribution in [0, 0.1) is 11.6 Å². The third kappa shape index (κ3) is 2.38. The second kappa shape index (κ2) is 5.22. The molecule has 1 aromatic carbocycles. The molecule has 0 saturated heterocycles. The molecule has 1 unspecified atom stereocenters. The summed E-state index contributed by atoms with van der Waals surface area (Å²) in [5.74, 6) is -1.23. The average molecular weight is 253 g/mol. The quantitative estimate of drug-likeness (QED) is 0.910. The molecule has 1 atom stereocenters. The van der Waals surface area contributed by atoms with E-state index >= 15 is 0 Å². The maximum Gasteiger partial charge on any atom is 0.247 e. The first-order valence-electron chi connectivity index (χ1n) is 5.61. The maximum absolute atomic E-state index is 13.1. The highest BCUT2D eigenvalue weighted by molar-refractivity contribution is 5.52. The van der Waals surface area contributed by atoms with Crippen LogP contribution in [0.4, 0.5) is 8.78 Å². The van der Waals surface area contributed by atoms with Crippen molar-refractivity contribution >= 4 is 0 Å². The highest BCUT2D eigenvalue weighted by Crippen LogP contribution is 2.23. The van der Waals surface area contributed by atoms with Crippen LogP contribution in [0.1, 0.15) is 25.3 Å². The molecule has 96 valence electrons. The first kappa shape index (κ1) is 12.6. The van der Waals surface area contributed by atoms with E-state index in [1.54, 1.807) is 7.05 Å². The summed E-state index contributed by atoms with van der Waals surface area (Å²) in [7, 11) is 1.79. The molecule has 0 aliphatic rings. The number of nitrogens with one attached hydrogen (secondary N) is 1. The van der Waals surface area contributed by atoms with Crippen molar-refractivity contribution < 1.29 is 13.2 Å². The minimum atomic E-state index is -0.937. The van der Waals surface area contributed by atoms with Crippen LogP contribution in [-0.2, 0) is 0 Å². The van der Waals surface area contributed by atoms with Crippen LogP contribution < -0.4 is 5.32 Å². The lowest BCUT2D eigenvalue weighted by Gasteiger charge is -2.07. The molecule has 2 rings (SSSR count). The second-order valence-corrected chi connectivity index (χ2v) is 3.82. The molecule has 1 N–H and O–H groups in total. The number of nitrogens with zero attached hydrogens (tertiary/aromatic N) is 2. The summed E-state index contributed by atoms with van der Waals surface area (Å²) in [6.07, 6.45) is 0.788. The van der Waals surface area contributed by atoms with Crippen LogP contribution in [0.25, 0.3) is 11.5 Å². The molecule has 0 saturated carbocycles. The lowest BCUT2D eigenvalue weighted by molar-refractivity contribution is 0.415. The van der Waals surface area contributed by atoms with E-state index in [0.29, 0.717) is 11.5 Å². The molecule has 0 aliphatic heterocycles. The van der Waals surface area contributed by atoms with Crippen LogP contribution >= 0.6 is 0 Å². The molecule has 0 fully saturated rings. The monoisotopic (exact) mass is 253 g/mol. The summed E-state index contributed by atoms with van der Waals surface area (Å²) in [6.45, 7) is 1.97.